The number of aryl methyl sites for hydroxylation is 3. The van der Waals surface area contributed by atoms with Gasteiger partial charge in [0.15, 0.2) is 0 Å². The SMILES string of the molecule is Cc1cn(C/C(F)=C(\CCN)CC(=O)NCC/C(CC(=O)NCC/C(CC(=O)NCC(N)=O)=C(/F)Cn2cc(C)c(=O)[nH]c2=O)=C(/F)Cn2cc(C)c(=O)[nH]c2=O)c(=O)[nH]c1=O. The molecule has 3 rings (SSSR count). The van der Waals surface area contributed by atoms with Crippen molar-refractivity contribution in [2.45, 2.75) is 78.9 Å². The molecule has 0 spiro atoms. The minimum atomic E-state index is -0.987. The number of nitrogens with zero attached hydrogens (tertiary/aromatic N) is 3. The highest BCUT2D eigenvalue weighted by Gasteiger charge is 2.19. The highest BCUT2D eigenvalue weighted by Crippen LogP contribution is 2.20. The van der Waals surface area contributed by atoms with Crippen molar-refractivity contribution in [3.63, 3.8) is 0 Å². The first-order valence-corrected chi connectivity index (χ1v) is 19.0. The van der Waals surface area contributed by atoms with Gasteiger partial charge in [-0.1, -0.05) is 0 Å². The quantitative estimate of drug-likeness (QED) is 0.0567. The molecule has 21 nitrogen and oxygen atoms in total. The van der Waals surface area contributed by atoms with E-state index in [1.807, 2.05) is 9.97 Å². The van der Waals surface area contributed by atoms with Gasteiger partial charge < -0.3 is 27.4 Å². The standard InChI is InChI=1S/C38H48F3N11O10/c1-20-14-50(36(60)47-33(20)57)17-26(39)23(4-7-42)10-30(54)44-8-5-24(27(40)18-51-15-21(2)34(58)48-37(51)61)11-31(55)45-9-6-25(12-32(56)46-13-29(43)53)28(41)19-52-16-22(3)35(59)49-38(52)62/h14-16H,4-13,17-19,42H2,1-3H3,(H2,43,53)(H,44,54)(H,45,55)(H,46,56)(H,47,57,60)(H,48,58,61)(H,49,59,62)/b26-23-,27-24-,28-25-. The monoisotopic (exact) mass is 875 g/mol. The first kappa shape index (κ1) is 49.3. The Kier molecular flexibility index (Phi) is 18.3. The third-order valence-electron chi connectivity index (χ3n) is 9.17. The number of allylic oxidation sites excluding steroid dienone is 3. The van der Waals surface area contributed by atoms with Crippen LogP contribution in [0.5, 0.6) is 0 Å². The lowest BCUT2D eigenvalue weighted by atomic mass is 10.0. The maximum atomic E-state index is 15.9. The number of aromatic amines is 3. The van der Waals surface area contributed by atoms with Crippen molar-refractivity contribution in [2.75, 3.05) is 26.2 Å². The van der Waals surface area contributed by atoms with Gasteiger partial charge in [-0.15, -0.1) is 0 Å². The molecule has 4 amide bonds. The van der Waals surface area contributed by atoms with E-state index in [-0.39, 0.29) is 72.3 Å². The number of primary amides is 1. The fraction of sp³-hybridized carbons (Fsp3) is 0.421. The maximum Gasteiger partial charge on any atom is 0.328 e. The van der Waals surface area contributed by atoms with Crippen LogP contribution in [0, 0.1) is 20.8 Å². The van der Waals surface area contributed by atoms with Gasteiger partial charge in [0.05, 0.1) is 45.4 Å². The second kappa shape index (κ2) is 23.0. The molecule has 3 aromatic rings. The number of rotatable bonds is 22. The molecule has 0 fully saturated rings. The molecule has 10 N–H and O–H groups in total. The smallest absolute Gasteiger partial charge is 0.328 e. The van der Waals surface area contributed by atoms with Crippen molar-refractivity contribution < 1.29 is 32.3 Å². The van der Waals surface area contributed by atoms with E-state index in [9.17, 15) is 47.9 Å². The van der Waals surface area contributed by atoms with Gasteiger partial charge in [0.2, 0.25) is 23.6 Å². The zero-order chi connectivity index (χ0) is 46.3. The Morgan fingerprint density at radius 3 is 1.16 bits per heavy atom. The summed E-state index contributed by atoms with van der Waals surface area (Å²) in [4.78, 5) is 128. The maximum absolute atomic E-state index is 15.9. The lowest BCUT2D eigenvalue weighted by Gasteiger charge is -2.15. The summed E-state index contributed by atoms with van der Waals surface area (Å²) >= 11 is 0. The molecule has 0 atom stereocenters. The number of halogens is 3. The molecule has 0 saturated heterocycles. The van der Waals surface area contributed by atoms with Gasteiger partial charge in [-0.2, -0.15) is 0 Å². The molecular weight excluding hydrogens is 827 g/mol. The van der Waals surface area contributed by atoms with Gasteiger partial charge in [-0.3, -0.25) is 62.2 Å². The van der Waals surface area contributed by atoms with Crippen LogP contribution in [0.25, 0.3) is 0 Å². The highest BCUT2D eigenvalue weighted by atomic mass is 19.1. The molecule has 0 unspecified atom stereocenters. The average molecular weight is 876 g/mol. The first-order valence-electron chi connectivity index (χ1n) is 19.0. The van der Waals surface area contributed by atoms with E-state index in [1.54, 1.807) is 0 Å². The topological polar surface area (TPSA) is 321 Å². The number of hydrogen-bond donors (Lipinski definition) is 8. The van der Waals surface area contributed by atoms with E-state index in [0.29, 0.717) is 0 Å². The summed E-state index contributed by atoms with van der Waals surface area (Å²) < 4.78 is 49.5. The summed E-state index contributed by atoms with van der Waals surface area (Å²) in [5.41, 5.74) is 5.74. The molecule has 0 aliphatic rings. The van der Waals surface area contributed by atoms with Gasteiger partial charge in [0, 0.05) is 48.4 Å². The Morgan fingerprint density at radius 2 is 0.855 bits per heavy atom. The lowest BCUT2D eigenvalue weighted by molar-refractivity contribution is -0.124. The van der Waals surface area contributed by atoms with Crippen LogP contribution < -0.4 is 61.2 Å². The number of hydrogen-bond acceptors (Lipinski definition) is 11. The van der Waals surface area contributed by atoms with Crippen LogP contribution in [0.2, 0.25) is 0 Å². The predicted octanol–water partition coefficient (Wildman–Crippen LogP) is -1.63. The Balaban J connectivity index is 1.80. The number of carbonyl (C=O) groups is 4. The van der Waals surface area contributed by atoms with Crippen molar-refractivity contribution in [3.8, 4) is 0 Å². The van der Waals surface area contributed by atoms with Crippen molar-refractivity contribution in [2.24, 2.45) is 11.5 Å². The van der Waals surface area contributed by atoms with Crippen molar-refractivity contribution in [3.05, 3.63) is 132 Å². The van der Waals surface area contributed by atoms with E-state index in [2.05, 4.69) is 20.9 Å². The van der Waals surface area contributed by atoms with Crippen LogP contribution in [0.1, 0.15) is 55.2 Å². The molecule has 0 radical (unpaired) electrons. The number of carbonyl (C=O) groups excluding carboxylic acids is 4. The van der Waals surface area contributed by atoms with Crippen LogP contribution in [0.4, 0.5) is 13.2 Å². The Hall–Kier alpha value is -7.11. The molecule has 336 valence electrons. The van der Waals surface area contributed by atoms with E-state index in [1.165, 1.54) is 20.8 Å². The molecular formula is C38H48F3N11O10. The van der Waals surface area contributed by atoms with Gasteiger partial charge in [-0.05, 0) is 63.3 Å². The van der Waals surface area contributed by atoms with Crippen LogP contribution in [-0.2, 0) is 38.8 Å². The third-order valence-corrected chi connectivity index (χ3v) is 9.17. The van der Waals surface area contributed by atoms with Crippen LogP contribution >= 0.6 is 0 Å². The zero-order valence-electron chi connectivity index (χ0n) is 34.1. The number of amides is 4. The normalized spacial score (nSPS) is 12.5. The summed E-state index contributed by atoms with van der Waals surface area (Å²) in [6.45, 7) is 0.891. The van der Waals surface area contributed by atoms with Crippen LogP contribution in [0.3, 0.4) is 0 Å². The second-order valence-corrected chi connectivity index (χ2v) is 14.1. The van der Waals surface area contributed by atoms with Gasteiger partial charge in [0.1, 0.15) is 17.5 Å². The number of nitrogens with two attached hydrogens (primary N) is 2. The molecule has 0 aliphatic carbocycles. The Morgan fingerprint density at radius 1 is 0.548 bits per heavy atom. The minimum Gasteiger partial charge on any atom is -0.368 e. The largest absolute Gasteiger partial charge is 0.368 e. The minimum absolute atomic E-state index is 0.0500. The van der Waals surface area contributed by atoms with Gasteiger partial charge in [0.25, 0.3) is 16.7 Å². The molecule has 0 bridgehead atoms. The van der Waals surface area contributed by atoms with E-state index < -0.39 is 120 Å². The Labute approximate surface area is 348 Å². The average Bonchev–Trinajstić information content (AvgIpc) is 3.19. The van der Waals surface area contributed by atoms with Crippen molar-refractivity contribution >= 4 is 23.6 Å². The lowest BCUT2D eigenvalue weighted by Crippen LogP contribution is -2.34. The fourth-order valence-corrected chi connectivity index (χ4v) is 5.79. The van der Waals surface area contributed by atoms with E-state index in [0.717, 1.165) is 32.3 Å². The Bertz CT molecular complexity index is 2650. The van der Waals surface area contributed by atoms with Crippen molar-refractivity contribution in [1.82, 2.24) is 44.6 Å². The molecule has 0 aliphatic heterocycles. The zero-order valence-corrected chi connectivity index (χ0v) is 34.1. The number of aromatic nitrogens is 6. The fourth-order valence-electron chi connectivity index (χ4n) is 5.79. The van der Waals surface area contributed by atoms with Gasteiger partial charge in [-0.25, -0.2) is 27.6 Å². The van der Waals surface area contributed by atoms with E-state index in [4.69, 9.17) is 11.5 Å². The number of H-pyrrole nitrogens is 3. The van der Waals surface area contributed by atoms with E-state index >= 15 is 13.2 Å². The summed E-state index contributed by atoms with van der Waals surface area (Å²) in [6, 6.07) is 0. The number of nitrogens with one attached hydrogen (secondary N) is 6. The highest BCUT2D eigenvalue weighted by molar-refractivity contribution is 5.85. The first-order chi connectivity index (χ1) is 29.2. The molecule has 0 aromatic carbocycles. The molecule has 3 heterocycles. The van der Waals surface area contributed by atoms with Crippen molar-refractivity contribution in [1.29, 1.82) is 0 Å². The summed E-state index contributed by atoms with van der Waals surface area (Å²) in [7, 11) is 0. The summed E-state index contributed by atoms with van der Waals surface area (Å²) in [5.74, 6) is -6.06. The molecule has 0 saturated carbocycles. The molecule has 62 heavy (non-hydrogen) atoms. The predicted molar refractivity (Wildman–Crippen MR) is 218 cm³/mol. The molecule has 3 aromatic heterocycles. The van der Waals surface area contributed by atoms with Crippen LogP contribution in [0.15, 0.2) is 81.6 Å². The van der Waals surface area contributed by atoms with Crippen LogP contribution in [-0.4, -0.2) is 78.5 Å². The third kappa shape index (κ3) is 15.2. The summed E-state index contributed by atoms with van der Waals surface area (Å²) in [5, 5.41) is 7.18. The summed E-state index contributed by atoms with van der Waals surface area (Å²) in [6.07, 6.45) is 0.841. The molecule has 24 heteroatoms. The second-order valence-electron chi connectivity index (χ2n) is 14.1. The van der Waals surface area contributed by atoms with Gasteiger partial charge >= 0.3 is 17.1 Å².